The normalized spacial score (nSPS) is 24.0. The molecular weight excluding hydrogens is 150 g/mol. The van der Waals surface area contributed by atoms with Crippen molar-refractivity contribution in [3.8, 4) is 0 Å². The monoisotopic (exact) mass is 163 g/mol. The molecule has 10 heavy (non-hydrogen) atoms. The van der Waals surface area contributed by atoms with Crippen molar-refractivity contribution in [2.45, 2.75) is 6.42 Å². The van der Waals surface area contributed by atoms with E-state index in [9.17, 15) is 0 Å². The lowest BCUT2D eigenvalue weighted by atomic mass is 10.5. The Balaban J connectivity index is 0.0000001000. The van der Waals surface area contributed by atoms with Gasteiger partial charge in [0.05, 0.1) is 19.9 Å². The fourth-order valence-corrected chi connectivity index (χ4v) is 1.24. The van der Waals surface area contributed by atoms with Crippen LogP contribution in [-0.4, -0.2) is 32.2 Å². The van der Waals surface area contributed by atoms with Crippen molar-refractivity contribution in [2.24, 2.45) is 0 Å². The predicted octanol–water partition coefficient (Wildman–Crippen LogP) is 0.619. The maximum atomic E-state index is 4.86. The molecule has 0 bridgehead atoms. The van der Waals surface area contributed by atoms with Gasteiger partial charge in [0.25, 0.3) is 0 Å². The summed E-state index contributed by atoms with van der Waals surface area (Å²) in [4.78, 5) is 0. The fourth-order valence-electron chi connectivity index (χ4n) is 0.655. The topological polar surface area (TPSA) is 30.5 Å². The second kappa shape index (κ2) is 5.97. The third kappa shape index (κ3) is 4.11. The minimum Gasteiger partial charge on any atom is -0.365 e. The molecule has 0 unspecified atom stereocenters. The Hall–Kier alpha value is 0.230. The predicted molar refractivity (Wildman–Crippen MR) is 41.8 cm³/mol. The summed E-state index contributed by atoms with van der Waals surface area (Å²) in [5.74, 6) is 1.19. The largest absolute Gasteiger partial charge is 0.365 e. The van der Waals surface area contributed by atoms with Crippen LogP contribution in [0.5, 0.6) is 0 Å². The molecule has 2 fully saturated rings. The Morgan fingerprint density at radius 3 is 2.50 bits per heavy atom. The summed E-state index contributed by atoms with van der Waals surface area (Å²) in [6, 6.07) is 0. The molecule has 0 spiro atoms. The quantitative estimate of drug-likeness (QED) is 0.530. The summed E-state index contributed by atoms with van der Waals surface area (Å²) in [5, 5.41) is 3.00. The van der Waals surface area contributed by atoms with Crippen molar-refractivity contribution >= 4 is 12.0 Å². The first-order valence-corrected chi connectivity index (χ1v) is 4.44. The van der Waals surface area contributed by atoms with Gasteiger partial charge in [-0.15, -0.1) is 0 Å². The van der Waals surface area contributed by atoms with Crippen molar-refractivity contribution in [3.63, 3.8) is 0 Å². The third-order valence-electron chi connectivity index (χ3n) is 1.17. The Morgan fingerprint density at radius 1 is 1.30 bits per heavy atom. The third-order valence-corrected chi connectivity index (χ3v) is 1.95. The van der Waals surface area contributed by atoms with E-state index < -0.39 is 0 Å². The van der Waals surface area contributed by atoms with Crippen molar-refractivity contribution in [3.05, 3.63) is 0 Å². The summed E-state index contributed by atoms with van der Waals surface area (Å²) in [5.41, 5.74) is 0. The van der Waals surface area contributed by atoms with Crippen molar-refractivity contribution < 1.29 is 8.92 Å². The van der Waals surface area contributed by atoms with E-state index in [4.69, 9.17) is 8.92 Å². The number of rotatable bonds is 0. The highest BCUT2D eigenvalue weighted by molar-refractivity contribution is 7.94. The molecule has 2 rings (SSSR count). The molecule has 2 aliphatic heterocycles. The fraction of sp³-hybridized carbons (Fsp3) is 1.00. The molecule has 0 aromatic rings. The van der Waals surface area contributed by atoms with Gasteiger partial charge in [0.2, 0.25) is 0 Å². The zero-order valence-corrected chi connectivity index (χ0v) is 6.78. The van der Waals surface area contributed by atoms with Crippen LogP contribution in [0.2, 0.25) is 0 Å². The van der Waals surface area contributed by atoms with Gasteiger partial charge in [0, 0.05) is 12.3 Å². The first-order chi connectivity index (χ1) is 5.00. The lowest BCUT2D eigenvalue weighted by molar-refractivity contribution is 0.194. The van der Waals surface area contributed by atoms with Crippen LogP contribution in [0, 0.1) is 0 Å². The van der Waals surface area contributed by atoms with Crippen LogP contribution >= 0.6 is 12.0 Å². The number of hydrogen-bond acceptors (Lipinski definition) is 4. The molecule has 0 aromatic carbocycles. The smallest absolute Gasteiger partial charge is 0.0966 e. The lowest BCUT2D eigenvalue weighted by Gasteiger charge is -1.76. The van der Waals surface area contributed by atoms with Crippen molar-refractivity contribution in [1.29, 1.82) is 0 Å². The van der Waals surface area contributed by atoms with Gasteiger partial charge in [0.15, 0.2) is 0 Å². The van der Waals surface area contributed by atoms with Gasteiger partial charge in [-0.3, -0.25) is 5.32 Å². The molecule has 0 saturated carbocycles. The van der Waals surface area contributed by atoms with Gasteiger partial charge in [-0.25, -0.2) is 0 Å². The summed E-state index contributed by atoms with van der Waals surface area (Å²) in [7, 11) is 0. The van der Waals surface area contributed by atoms with Crippen molar-refractivity contribution in [2.75, 3.05) is 32.2 Å². The molecule has 1 N–H and O–H groups in total. The van der Waals surface area contributed by atoms with Crippen LogP contribution < -0.4 is 5.32 Å². The first-order valence-electron chi connectivity index (χ1n) is 3.53. The molecule has 4 heteroatoms. The Bertz CT molecular complexity index is 48.9. The summed E-state index contributed by atoms with van der Waals surface area (Å²) in [6.07, 6.45) is 1.24. The average molecular weight is 163 g/mol. The summed E-state index contributed by atoms with van der Waals surface area (Å²) >= 11 is 1.57. The minimum atomic E-state index is 0.750. The number of hydrogen-bond donors (Lipinski definition) is 1. The molecule has 0 aliphatic carbocycles. The van der Waals surface area contributed by atoms with Crippen LogP contribution in [0.3, 0.4) is 0 Å². The molecule has 0 amide bonds. The summed E-state index contributed by atoms with van der Waals surface area (Å²) in [6.45, 7) is 3.63. The molecule has 3 nitrogen and oxygen atoms in total. The van der Waals surface area contributed by atoms with E-state index in [2.05, 4.69) is 5.32 Å². The van der Waals surface area contributed by atoms with Gasteiger partial charge in [0.1, 0.15) is 0 Å². The van der Waals surface area contributed by atoms with E-state index in [0.29, 0.717) is 0 Å². The highest BCUT2D eigenvalue weighted by Crippen LogP contribution is 2.11. The zero-order chi connectivity index (χ0) is 7.07. The maximum Gasteiger partial charge on any atom is 0.0966 e. The molecule has 2 aliphatic rings. The van der Waals surface area contributed by atoms with Gasteiger partial charge >= 0.3 is 0 Å². The highest BCUT2D eigenvalue weighted by atomic mass is 32.2. The van der Waals surface area contributed by atoms with E-state index >= 15 is 0 Å². The van der Waals surface area contributed by atoms with Gasteiger partial charge < -0.3 is 8.92 Å². The lowest BCUT2D eigenvalue weighted by Crippen LogP contribution is -2.05. The first kappa shape index (κ1) is 8.33. The SMILES string of the molecule is C1COCN1.C1COSC1. The minimum absolute atomic E-state index is 0.750. The second-order valence-electron chi connectivity index (χ2n) is 2.05. The standard InChI is InChI=1S/C3H7NO.C3H6OS/c1-2-5-3-4-1;1-2-4-5-3-1/h4H,1-3H2;1-3H2. The molecular formula is C6H13NO2S. The maximum absolute atomic E-state index is 4.86. The van der Waals surface area contributed by atoms with Crippen LogP contribution in [0.1, 0.15) is 6.42 Å². The average Bonchev–Trinajstić information content (AvgIpc) is 2.67. The van der Waals surface area contributed by atoms with Gasteiger partial charge in [-0.2, -0.15) is 0 Å². The van der Waals surface area contributed by atoms with E-state index in [-0.39, 0.29) is 0 Å². The van der Waals surface area contributed by atoms with Crippen LogP contribution in [-0.2, 0) is 8.92 Å². The van der Waals surface area contributed by atoms with Crippen molar-refractivity contribution in [1.82, 2.24) is 5.32 Å². The summed E-state index contributed by atoms with van der Waals surface area (Å²) < 4.78 is 9.69. The van der Waals surface area contributed by atoms with E-state index in [1.54, 1.807) is 12.0 Å². The Labute approximate surface area is 65.7 Å². The number of nitrogens with one attached hydrogen (secondary N) is 1. The molecule has 2 heterocycles. The van der Waals surface area contributed by atoms with E-state index in [1.807, 2.05) is 0 Å². The Morgan fingerprint density at radius 2 is 2.30 bits per heavy atom. The van der Waals surface area contributed by atoms with Crippen LogP contribution in [0.4, 0.5) is 0 Å². The zero-order valence-electron chi connectivity index (χ0n) is 5.97. The second-order valence-corrected chi connectivity index (χ2v) is 2.93. The van der Waals surface area contributed by atoms with Crippen LogP contribution in [0.25, 0.3) is 0 Å². The molecule has 0 aromatic heterocycles. The molecule has 0 radical (unpaired) electrons. The molecule has 2 saturated heterocycles. The van der Waals surface area contributed by atoms with E-state index in [0.717, 1.165) is 26.5 Å². The van der Waals surface area contributed by atoms with Gasteiger partial charge in [-0.1, -0.05) is 0 Å². The highest BCUT2D eigenvalue weighted by Gasteiger charge is 1.96. The van der Waals surface area contributed by atoms with E-state index in [1.165, 1.54) is 12.2 Å². The number of ether oxygens (including phenoxy) is 1. The Kier molecular flexibility index (Phi) is 4.97. The molecule has 0 atom stereocenters. The van der Waals surface area contributed by atoms with Gasteiger partial charge in [-0.05, 0) is 18.5 Å². The molecule has 60 valence electrons. The van der Waals surface area contributed by atoms with Crippen LogP contribution in [0.15, 0.2) is 0 Å².